The highest BCUT2D eigenvalue weighted by Crippen LogP contribution is 2.37. The van der Waals surface area contributed by atoms with Crippen LogP contribution >= 0.6 is 12.2 Å². The minimum Gasteiger partial charge on any atom is -0.480 e. The first-order valence-corrected chi connectivity index (χ1v) is 37.6. The molecule has 35 heteroatoms. The third-order valence-electron chi connectivity index (χ3n) is 18.8. The van der Waals surface area contributed by atoms with Crippen molar-refractivity contribution in [3.63, 3.8) is 0 Å². The van der Waals surface area contributed by atoms with Crippen LogP contribution in [0.5, 0.6) is 0 Å². The third kappa shape index (κ3) is 27.7. The minimum absolute atomic E-state index is 0.0522. The van der Waals surface area contributed by atoms with E-state index in [4.69, 9.17) is 41.6 Å². The Hall–Kier alpha value is -11.5. The molecule has 5 aromatic carbocycles. The predicted molar refractivity (Wildman–Crippen MR) is 420 cm³/mol. The summed E-state index contributed by atoms with van der Waals surface area (Å²) in [5, 5.41) is 60.2. The van der Waals surface area contributed by atoms with Gasteiger partial charge in [0.1, 0.15) is 30.9 Å². The Morgan fingerprint density at radius 2 is 1.17 bits per heavy atom. The summed E-state index contributed by atoms with van der Waals surface area (Å²) in [5.74, 6) is -9.13. The number of fused-ring (bicyclic) bond motifs is 2. The number of unbranched alkanes of at least 4 members (excludes halogenated alkanes) is 1. The number of carboxylic acids is 4. The van der Waals surface area contributed by atoms with Gasteiger partial charge in [-0.1, -0.05) is 97.1 Å². The number of benzene rings is 5. The first-order valence-electron chi connectivity index (χ1n) is 37.2. The fourth-order valence-electron chi connectivity index (χ4n) is 13.6. The zero-order valence-electron chi connectivity index (χ0n) is 64.0. The Labute approximate surface area is 664 Å². The van der Waals surface area contributed by atoms with E-state index in [1.807, 2.05) is 6.07 Å². The van der Waals surface area contributed by atoms with Gasteiger partial charge in [-0.15, -0.1) is 0 Å². The van der Waals surface area contributed by atoms with E-state index < -0.39 is 135 Å². The summed E-state index contributed by atoms with van der Waals surface area (Å²) in [4.78, 5) is 162. The zero-order chi connectivity index (χ0) is 82.5. The second kappa shape index (κ2) is 43.5. The van der Waals surface area contributed by atoms with Gasteiger partial charge in [0, 0.05) is 128 Å². The smallest absolute Gasteiger partial charge is 0.317 e. The van der Waals surface area contributed by atoms with E-state index in [9.17, 15) is 78.0 Å². The average Bonchev–Trinajstić information content (AvgIpc) is 0.775. The van der Waals surface area contributed by atoms with Crippen LogP contribution in [-0.2, 0) is 94.2 Å². The summed E-state index contributed by atoms with van der Waals surface area (Å²) in [7, 11) is 0. The summed E-state index contributed by atoms with van der Waals surface area (Å²) >= 11 is 5.72. The molecule has 0 radical (unpaired) electrons. The second-order valence-corrected chi connectivity index (χ2v) is 28.1. The van der Waals surface area contributed by atoms with E-state index >= 15 is 0 Å². The van der Waals surface area contributed by atoms with Crippen LogP contribution in [-0.4, -0.2) is 257 Å². The van der Waals surface area contributed by atoms with E-state index in [1.165, 1.54) is 13.8 Å². The topological polar surface area (TPSA) is 458 Å². The molecule has 0 aliphatic carbocycles. The molecule has 5 amide bonds. The molecule has 3 aliphatic rings. The van der Waals surface area contributed by atoms with Crippen molar-refractivity contribution in [2.45, 2.75) is 122 Å². The molecule has 3 aliphatic heterocycles. The molecule has 6 unspecified atom stereocenters. The summed E-state index contributed by atoms with van der Waals surface area (Å²) < 4.78 is 30.7. The number of nitrogens with zero attached hydrogens (tertiary/aromatic N) is 5. The number of carbonyl (C=O) groups excluding carboxylic acids is 8. The van der Waals surface area contributed by atoms with Gasteiger partial charge < -0.3 is 92.0 Å². The maximum absolute atomic E-state index is 15.0. The molecule has 13 N–H and O–H groups in total. The molecule has 0 bridgehead atoms. The minimum atomic E-state index is -1.61. The Morgan fingerprint density at radius 1 is 0.596 bits per heavy atom. The molecule has 0 saturated carbocycles. The number of nitrogens with one attached hydrogen (secondary N) is 7. The number of carboxylic acid groups (broad SMARTS) is 4. The van der Waals surface area contributed by atoms with Gasteiger partial charge in [0.15, 0.2) is 23.6 Å². The van der Waals surface area contributed by atoms with Gasteiger partial charge in [0.2, 0.25) is 29.5 Å². The van der Waals surface area contributed by atoms with Crippen molar-refractivity contribution in [1.82, 2.24) is 46.2 Å². The lowest BCUT2D eigenvalue weighted by atomic mass is 9.95. The number of hydrogen-bond acceptors (Lipinski definition) is 24. The van der Waals surface area contributed by atoms with Gasteiger partial charge in [-0.2, -0.15) is 0 Å². The molecular formula is C79H99N13O21S. The lowest BCUT2D eigenvalue weighted by Crippen LogP contribution is -2.67. The van der Waals surface area contributed by atoms with Crippen LogP contribution in [0.4, 0.5) is 17.1 Å². The standard InChI is InChI=1S/C79H99N13O21S/c1-48(93)81-31-14-13-20-62(84-49(2)94)77(108)85-57-28-24-55(25-29-57)74(54-15-7-6-8-16-54)113-78-73(76(111-52(5)97)75(110-51(4)96)64(112-78)47-109-50(3)95)87-65(98)40-83-72-61-19-11-12-21-63(61)92(41-56-17-9-10-18-60(56)71(72)80)66(99)30-32-82-79(114)86-58-26-22-53(23-27-58)39-59-42-90(45-69(104)105)36-35-88(43-67(100)101)33-34-89(44-68(102)103)37-38-91(59)46-70(106)107/h6-12,15-19,21-29,59,62,64,73-76,78,83H,13-14,20,30-47,80H2,1-5H3,(H,81,93)(H,84,94)(H,85,108)(H,87,98)(H,100,101)(H,102,103)(H,104,105)(H,106,107)(H2,82,86,114)/b72-71-/t59?,62?,64?,73?,74?,75-,76?,78-/m1/s1. The highest BCUT2D eigenvalue weighted by molar-refractivity contribution is 7.80. The number of thiocarbonyl (C=S) groups is 1. The molecular weight excluding hydrogens is 1500 g/mol. The van der Waals surface area contributed by atoms with E-state index in [-0.39, 0.29) is 120 Å². The number of esters is 3. The molecule has 0 spiro atoms. The second-order valence-electron chi connectivity index (χ2n) is 27.7. The molecule has 3 heterocycles. The molecule has 5 aromatic rings. The quantitative estimate of drug-likeness (QED) is 0.0122. The Kier molecular flexibility index (Phi) is 33.6. The van der Waals surface area contributed by atoms with Gasteiger partial charge in [0.25, 0.3) is 0 Å². The Morgan fingerprint density at radius 3 is 1.79 bits per heavy atom. The number of anilines is 3. The molecule has 612 valence electrons. The van der Waals surface area contributed by atoms with Crippen LogP contribution in [0.2, 0.25) is 0 Å². The maximum Gasteiger partial charge on any atom is 0.317 e. The van der Waals surface area contributed by atoms with E-state index in [2.05, 4.69) is 37.2 Å². The maximum atomic E-state index is 15.0. The van der Waals surface area contributed by atoms with Crippen molar-refractivity contribution in [2.24, 2.45) is 5.73 Å². The van der Waals surface area contributed by atoms with E-state index in [0.29, 0.717) is 64.3 Å². The van der Waals surface area contributed by atoms with E-state index in [1.54, 1.807) is 146 Å². The summed E-state index contributed by atoms with van der Waals surface area (Å²) in [6, 6.07) is 33.6. The van der Waals surface area contributed by atoms with Crippen LogP contribution in [0, 0.1) is 0 Å². The fraction of sp³-hybridized carbons (Fsp3) is 0.430. The SMILES string of the molecule is CC(=O)NCCCCC(NC(C)=O)C(=O)Nc1ccc(C(O[C@H]2OC(COC(C)=O)[C@@H](OC(C)=O)C(OC(C)=O)C2NC(=O)CN/C2=C(\N)c3ccccc3CN(C(=O)CCNC(=S)Nc3ccc(CC4CN(CC(=O)O)CCN(CC(=O)O)CCN(CC(=O)O)CCN4CC(=O)O)cc3)c3ccccc32)c2ccccc2)cc1. The van der Waals surface area contributed by atoms with Crippen LogP contribution in [0.15, 0.2) is 127 Å². The van der Waals surface area contributed by atoms with Gasteiger partial charge in [-0.25, -0.2) is 0 Å². The van der Waals surface area contributed by atoms with Crippen molar-refractivity contribution in [2.75, 3.05) is 114 Å². The number of aliphatic carboxylic acids is 4. The lowest BCUT2D eigenvalue weighted by Gasteiger charge is -2.45. The lowest BCUT2D eigenvalue weighted by molar-refractivity contribution is -0.285. The van der Waals surface area contributed by atoms with Crippen molar-refractivity contribution in [1.29, 1.82) is 0 Å². The molecule has 2 fully saturated rings. The number of carbonyl (C=O) groups is 12. The number of para-hydroxylation sites is 1. The summed E-state index contributed by atoms with van der Waals surface area (Å²) in [6.07, 6.45) is -5.64. The highest BCUT2D eigenvalue weighted by atomic mass is 32.1. The van der Waals surface area contributed by atoms with Gasteiger partial charge in [0.05, 0.1) is 56.4 Å². The predicted octanol–water partition coefficient (Wildman–Crippen LogP) is 2.95. The summed E-state index contributed by atoms with van der Waals surface area (Å²) in [5.41, 5.74) is 12.3. The van der Waals surface area contributed by atoms with Crippen LogP contribution in [0.3, 0.4) is 0 Å². The van der Waals surface area contributed by atoms with Crippen molar-refractivity contribution in [3.8, 4) is 0 Å². The van der Waals surface area contributed by atoms with Crippen molar-refractivity contribution in [3.05, 3.63) is 161 Å². The molecule has 2 saturated heterocycles. The van der Waals surface area contributed by atoms with Crippen molar-refractivity contribution < 1.29 is 102 Å². The number of amides is 5. The third-order valence-corrected chi connectivity index (χ3v) is 19.1. The van der Waals surface area contributed by atoms with Gasteiger partial charge in [-0.3, -0.25) is 77.1 Å². The van der Waals surface area contributed by atoms with Gasteiger partial charge in [-0.05, 0) is 90.5 Å². The zero-order valence-corrected chi connectivity index (χ0v) is 64.9. The van der Waals surface area contributed by atoms with Crippen LogP contribution < -0.4 is 47.9 Å². The largest absolute Gasteiger partial charge is 0.480 e. The molecule has 8 atom stereocenters. The molecule has 34 nitrogen and oxygen atoms in total. The Balaban J connectivity index is 0.996. The summed E-state index contributed by atoms with van der Waals surface area (Å²) in [6.45, 7) is 4.86. The van der Waals surface area contributed by atoms with Crippen LogP contribution in [0.1, 0.15) is 99.8 Å². The number of hydrogen-bond donors (Lipinski definition) is 12. The fourth-order valence-corrected chi connectivity index (χ4v) is 13.9. The van der Waals surface area contributed by atoms with Crippen LogP contribution in [0.25, 0.3) is 11.4 Å². The number of ether oxygens (including phenoxy) is 5. The van der Waals surface area contributed by atoms with E-state index in [0.717, 1.165) is 26.3 Å². The monoisotopic (exact) mass is 1600 g/mol. The number of rotatable bonds is 34. The molecule has 0 aromatic heterocycles. The number of nitrogens with two attached hydrogens (primary N) is 1. The van der Waals surface area contributed by atoms with Gasteiger partial charge >= 0.3 is 41.8 Å². The highest BCUT2D eigenvalue weighted by Gasteiger charge is 2.52. The normalized spacial score (nSPS) is 19.6. The average molecular weight is 1600 g/mol. The van der Waals surface area contributed by atoms with Crippen molar-refractivity contribution >= 4 is 117 Å². The molecule has 8 rings (SSSR count). The first kappa shape index (κ1) is 88.1. The first-order chi connectivity index (χ1) is 54.5. The molecule has 114 heavy (non-hydrogen) atoms. The Bertz CT molecular complexity index is 4250.